The fourth-order valence-corrected chi connectivity index (χ4v) is 10.0. The number of benzene rings is 7. The Bertz CT molecular complexity index is 2960. The van der Waals surface area contributed by atoms with Crippen molar-refractivity contribution in [2.75, 3.05) is 0 Å². The highest BCUT2D eigenvalue weighted by Gasteiger charge is 2.47. The molecule has 1 aromatic heterocycles. The van der Waals surface area contributed by atoms with Crippen molar-refractivity contribution in [3.8, 4) is 33.4 Å². The SMILES string of the molecule is C/C=C\c1c(/C=C/C2(O)c3ccccc3-c3cc4ccccc4cc32)c2c3c(ccc2n1CC)CC1(O)c2cc4ccccc4cc2-c2cccc-3c21. The van der Waals surface area contributed by atoms with Crippen LogP contribution in [0.25, 0.3) is 78.0 Å². The van der Waals surface area contributed by atoms with E-state index in [1.54, 1.807) is 0 Å². The van der Waals surface area contributed by atoms with Gasteiger partial charge in [0.2, 0.25) is 0 Å². The van der Waals surface area contributed by atoms with E-state index in [-0.39, 0.29) is 0 Å². The van der Waals surface area contributed by atoms with Crippen LogP contribution in [0.4, 0.5) is 0 Å². The number of aliphatic hydroxyl groups is 2. The maximum absolute atomic E-state index is 12.9. The number of aromatic nitrogens is 1. The molecule has 0 aliphatic heterocycles. The Hall–Kier alpha value is -6.00. The van der Waals surface area contributed by atoms with E-state index in [0.29, 0.717) is 6.42 Å². The van der Waals surface area contributed by atoms with Gasteiger partial charge in [-0.1, -0.05) is 109 Å². The van der Waals surface area contributed by atoms with Gasteiger partial charge in [0.1, 0.15) is 11.2 Å². The lowest BCUT2D eigenvalue weighted by Gasteiger charge is -2.34. The monoisotopic (exact) mass is 683 g/mol. The van der Waals surface area contributed by atoms with Crippen molar-refractivity contribution >= 4 is 44.6 Å². The van der Waals surface area contributed by atoms with E-state index in [1.165, 1.54) is 10.9 Å². The number of fused-ring (bicyclic) bond motifs is 12. The summed E-state index contributed by atoms with van der Waals surface area (Å²) in [5.74, 6) is 0. The van der Waals surface area contributed by atoms with Gasteiger partial charge >= 0.3 is 0 Å². The second-order valence-electron chi connectivity index (χ2n) is 14.9. The van der Waals surface area contributed by atoms with Gasteiger partial charge in [0.05, 0.1) is 0 Å². The van der Waals surface area contributed by atoms with Gasteiger partial charge < -0.3 is 14.8 Å². The summed E-state index contributed by atoms with van der Waals surface area (Å²) in [6, 6.07) is 44.9. The minimum Gasteiger partial charge on any atom is -0.380 e. The summed E-state index contributed by atoms with van der Waals surface area (Å²) >= 11 is 0. The van der Waals surface area contributed by atoms with E-state index in [4.69, 9.17) is 0 Å². The van der Waals surface area contributed by atoms with Crippen molar-refractivity contribution in [1.82, 2.24) is 4.57 Å². The maximum atomic E-state index is 12.9. The van der Waals surface area contributed by atoms with Crippen LogP contribution in [0.3, 0.4) is 0 Å². The third kappa shape index (κ3) is 3.96. The van der Waals surface area contributed by atoms with Crippen LogP contribution in [0.2, 0.25) is 0 Å². The molecule has 0 radical (unpaired) electrons. The normalized spacial score (nSPS) is 19.3. The smallest absolute Gasteiger partial charge is 0.135 e. The summed E-state index contributed by atoms with van der Waals surface area (Å²) in [5, 5.41) is 31.5. The van der Waals surface area contributed by atoms with Crippen LogP contribution in [0.5, 0.6) is 0 Å². The van der Waals surface area contributed by atoms with E-state index in [9.17, 15) is 10.2 Å². The minimum absolute atomic E-state index is 0.491. The Kier molecular flexibility index (Phi) is 6.22. The largest absolute Gasteiger partial charge is 0.380 e. The summed E-state index contributed by atoms with van der Waals surface area (Å²) < 4.78 is 2.38. The van der Waals surface area contributed by atoms with Gasteiger partial charge in [-0.3, -0.25) is 0 Å². The Morgan fingerprint density at radius 3 is 1.96 bits per heavy atom. The molecular formula is C50H37NO2. The molecule has 2 N–H and O–H groups in total. The molecule has 0 bridgehead atoms. The van der Waals surface area contributed by atoms with Gasteiger partial charge in [-0.15, -0.1) is 0 Å². The van der Waals surface area contributed by atoms with Crippen LogP contribution in [0.1, 0.15) is 52.9 Å². The molecule has 2 atom stereocenters. The average molecular weight is 684 g/mol. The first-order chi connectivity index (χ1) is 25.9. The Morgan fingerprint density at radius 2 is 1.25 bits per heavy atom. The maximum Gasteiger partial charge on any atom is 0.135 e. The Morgan fingerprint density at radius 1 is 0.623 bits per heavy atom. The van der Waals surface area contributed by atoms with E-state index in [2.05, 4.69) is 158 Å². The topological polar surface area (TPSA) is 45.4 Å². The first kappa shape index (κ1) is 30.6. The van der Waals surface area contributed by atoms with E-state index in [1.807, 2.05) is 12.1 Å². The summed E-state index contributed by atoms with van der Waals surface area (Å²) in [5.41, 5.74) is 12.4. The van der Waals surface area contributed by atoms with Gasteiger partial charge in [0, 0.05) is 46.3 Å². The average Bonchev–Trinajstić information content (AvgIpc) is 3.72. The third-order valence-corrected chi connectivity index (χ3v) is 12.3. The second-order valence-corrected chi connectivity index (χ2v) is 14.9. The van der Waals surface area contributed by atoms with Crippen LogP contribution in [0.15, 0.2) is 140 Å². The van der Waals surface area contributed by atoms with E-state index in [0.717, 1.165) is 100 Å². The highest BCUT2D eigenvalue weighted by Crippen LogP contribution is 2.58. The summed E-state index contributed by atoms with van der Waals surface area (Å²) in [7, 11) is 0. The van der Waals surface area contributed by atoms with Crippen molar-refractivity contribution in [2.24, 2.45) is 0 Å². The fourth-order valence-electron chi connectivity index (χ4n) is 10.0. The number of hydrogen-bond donors (Lipinski definition) is 2. The van der Waals surface area contributed by atoms with Crippen molar-refractivity contribution in [1.29, 1.82) is 0 Å². The van der Waals surface area contributed by atoms with Crippen LogP contribution in [0, 0.1) is 0 Å². The van der Waals surface area contributed by atoms with Crippen LogP contribution in [-0.2, 0) is 24.2 Å². The molecule has 2 unspecified atom stereocenters. The number of aryl methyl sites for hydroxylation is 1. The molecule has 8 aromatic rings. The molecule has 3 aliphatic rings. The quantitative estimate of drug-likeness (QED) is 0.194. The van der Waals surface area contributed by atoms with Crippen molar-refractivity contribution in [3.63, 3.8) is 0 Å². The van der Waals surface area contributed by atoms with Gasteiger partial charge in [-0.05, 0) is 128 Å². The predicted octanol–water partition coefficient (Wildman–Crippen LogP) is 11.4. The van der Waals surface area contributed by atoms with Gasteiger partial charge in [-0.2, -0.15) is 0 Å². The van der Waals surface area contributed by atoms with Crippen molar-refractivity contribution < 1.29 is 10.2 Å². The molecule has 3 nitrogen and oxygen atoms in total. The first-order valence-electron chi connectivity index (χ1n) is 18.7. The standard InChI is InChI=1S/C50H37NO2/c1-3-12-44-37(23-24-49(52)41-20-10-9-17-35(41)39-25-30-13-5-7-15-32(30)27-42(39)49)47-45(51(44)4-2)22-21-34-29-50(53)43-28-33-16-8-6-14-31(33)26-40(43)36-18-11-19-38(46(34)47)48(36)50/h3,5-28,52-53H,4,29H2,1-2H3/b12-3-,24-23+. The third-order valence-electron chi connectivity index (χ3n) is 12.3. The molecule has 53 heavy (non-hydrogen) atoms. The molecule has 0 saturated carbocycles. The lowest BCUT2D eigenvalue weighted by Crippen LogP contribution is -2.31. The van der Waals surface area contributed by atoms with E-state index >= 15 is 0 Å². The van der Waals surface area contributed by atoms with Gasteiger partial charge in [0.15, 0.2) is 0 Å². The zero-order chi connectivity index (χ0) is 35.6. The highest BCUT2D eigenvalue weighted by atomic mass is 16.3. The molecule has 0 fully saturated rings. The fraction of sp³-hybridized carbons (Fsp3) is 0.120. The lowest BCUT2D eigenvalue weighted by atomic mass is 9.73. The number of nitrogens with zero attached hydrogens (tertiary/aromatic N) is 1. The molecule has 1 heterocycles. The Balaban J connectivity index is 1.17. The number of hydrogen-bond acceptors (Lipinski definition) is 2. The predicted molar refractivity (Wildman–Crippen MR) is 219 cm³/mol. The molecule has 7 aromatic carbocycles. The number of rotatable bonds is 4. The van der Waals surface area contributed by atoms with Crippen molar-refractivity contribution in [3.05, 3.63) is 179 Å². The lowest BCUT2D eigenvalue weighted by molar-refractivity contribution is 0.0851. The molecular weight excluding hydrogens is 647 g/mol. The molecule has 0 saturated heterocycles. The zero-order valence-electron chi connectivity index (χ0n) is 29.7. The number of allylic oxidation sites excluding steroid dienone is 1. The van der Waals surface area contributed by atoms with E-state index < -0.39 is 11.2 Å². The molecule has 11 rings (SSSR count). The molecule has 3 aliphatic carbocycles. The second kappa shape index (κ2) is 10.8. The zero-order valence-corrected chi connectivity index (χ0v) is 29.7. The van der Waals surface area contributed by atoms with Crippen LogP contribution >= 0.6 is 0 Å². The molecule has 0 amide bonds. The summed E-state index contributed by atoms with van der Waals surface area (Å²) in [6.07, 6.45) is 8.97. The minimum atomic E-state index is -1.32. The Labute approximate surface area is 308 Å². The summed E-state index contributed by atoms with van der Waals surface area (Å²) in [4.78, 5) is 0. The van der Waals surface area contributed by atoms with Gasteiger partial charge in [0.25, 0.3) is 0 Å². The summed E-state index contributed by atoms with van der Waals surface area (Å²) in [6.45, 7) is 5.05. The van der Waals surface area contributed by atoms with Crippen molar-refractivity contribution in [2.45, 2.75) is 38.0 Å². The molecule has 0 spiro atoms. The molecule has 254 valence electrons. The van der Waals surface area contributed by atoms with Crippen LogP contribution in [-0.4, -0.2) is 14.8 Å². The first-order valence-corrected chi connectivity index (χ1v) is 18.7. The molecule has 3 heteroatoms. The van der Waals surface area contributed by atoms with Crippen LogP contribution < -0.4 is 0 Å². The van der Waals surface area contributed by atoms with Gasteiger partial charge in [-0.25, -0.2) is 0 Å². The highest BCUT2D eigenvalue weighted by molar-refractivity contribution is 6.09.